The third kappa shape index (κ3) is 2.94. The highest BCUT2D eigenvalue weighted by Gasteiger charge is 2.30. The fraction of sp³-hybridized carbons (Fsp3) is 0.647. The Labute approximate surface area is 117 Å². The van der Waals surface area contributed by atoms with Crippen molar-refractivity contribution in [1.82, 2.24) is 5.32 Å². The zero-order chi connectivity index (χ0) is 14.2. The van der Waals surface area contributed by atoms with Gasteiger partial charge in [0.1, 0.15) is 5.75 Å². The SMILES string of the molecule is Cc1ccc(C(C)C)c2c1C(NC(C)C)CC(C)O2. The fourth-order valence-corrected chi connectivity index (χ4v) is 2.99. The second kappa shape index (κ2) is 5.54. The van der Waals surface area contributed by atoms with Crippen LogP contribution in [0.2, 0.25) is 0 Å². The second-order valence-corrected chi connectivity index (χ2v) is 6.41. The zero-order valence-electron chi connectivity index (χ0n) is 13.1. The van der Waals surface area contributed by atoms with Crippen LogP contribution in [0.15, 0.2) is 12.1 Å². The van der Waals surface area contributed by atoms with E-state index in [2.05, 4.69) is 59.0 Å². The Morgan fingerprint density at radius 2 is 1.89 bits per heavy atom. The van der Waals surface area contributed by atoms with Crippen LogP contribution in [0.1, 0.15) is 69.7 Å². The molecule has 0 radical (unpaired) electrons. The summed E-state index contributed by atoms with van der Waals surface area (Å²) in [4.78, 5) is 0. The molecule has 19 heavy (non-hydrogen) atoms. The first-order chi connectivity index (χ1) is 8.90. The summed E-state index contributed by atoms with van der Waals surface area (Å²) in [7, 11) is 0. The molecule has 0 bridgehead atoms. The van der Waals surface area contributed by atoms with Gasteiger partial charge in [-0.15, -0.1) is 0 Å². The normalized spacial score (nSPS) is 22.5. The van der Waals surface area contributed by atoms with E-state index in [9.17, 15) is 0 Å². The number of aryl methyl sites for hydroxylation is 1. The molecule has 0 saturated heterocycles. The third-order valence-electron chi connectivity index (χ3n) is 3.84. The van der Waals surface area contributed by atoms with E-state index in [1.807, 2.05) is 0 Å². The fourth-order valence-electron chi connectivity index (χ4n) is 2.99. The predicted octanol–water partition coefficient (Wildman–Crippen LogP) is 4.33. The van der Waals surface area contributed by atoms with Gasteiger partial charge in [0, 0.05) is 24.1 Å². The molecule has 1 aliphatic rings. The van der Waals surface area contributed by atoms with Crippen molar-refractivity contribution in [2.75, 3.05) is 0 Å². The number of nitrogens with one attached hydrogen (secondary N) is 1. The Morgan fingerprint density at radius 3 is 2.47 bits per heavy atom. The molecule has 1 aliphatic heterocycles. The van der Waals surface area contributed by atoms with Gasteiger partial charge in [-0.3, -0.25) is 0 Å². The van der Waals surface area contributed by atoms with E-state index >= 15 is 0 Å². The molecule has 1 heterocycles. The van der Waals surface area contributed by atoms with Crippen LogP contribution in [-0.4, -0.2) is 12.1 Å². The summed E-state index contributed by atoms with van der Waals surface area (Å²) in [6.45, 7) is 13.3. The maximum absolute atomic E-state index is 6.18. The highest BCUT2D eigenvalue weighted by molar-refractivity contribution is 5.50. The first kappa shape index (κ1) is 14.4. The lowest BCUT2D eigenvalue weighted by atomic mass is 9.88. The van der Waals surface area contributed by atoms with E-state index in [1.165, 1.54) is 16.7 Å². The molecule has 1 aromatic carbocycles. The lowest BCUT2D eigenvalue weighted by molar-refractivity contribution is 0.160. The Balaban J connectivity index is 2.50. The van der Waals surface area contributed by atoms with Crippen molar-refractivity contribution in [1.29, 1.82) is 0 Å². The van der Waals surface area contributed by atoms with E-state index in [1.54, 1.807) is 0 Å². The smallest absolute Gasteiger partial charge is 0.128 e. The minimum absolute atomic E-state index is 0.281. The molecule has 0 saturated carbocycles. The van der Waals surface area contributed by atoms with E-state index in [4.69, 9.17) is 4.74 Å². The van der Waals surface area contributed by atoms with Gasteiger partial charge >= 0.3 is 0 Å². The van der Waals surface area contributed by atoms with Crippen LogP contribution < -0.4 is 10.1 Å². The van der Waals surface area contributed by atoms with Gasteiger partial charge in [-0.2, -0.15) is 0 Å². The van der Waals surface area contributed by atoms with Gasteiger partial charge in [0.25, 0.3) is 0 Å². The molecule has 2 heteroatoms. The summed E-state index contributed by atoms with van der Waals surface area (Å²) in [5, 5.41) is 3.70. The Hall–Kier alpha value is -1.02. The van der Waals surface area contributed by atoms with Gasteiger partial charge in [0.2, 0.25) is 0 Å². The first-order valence-corrected chi connectivity index (χ1v) is 7.46. The van der Waals surface area contributed by atoms with Gasteiger partial charge < -0.3 is 10.1 Å². The van der Waals surface area contributed by atoms with Crippen LogP contribution >= 0.6 is 0 Å². The number of hydrogen-bond donors (Lipinski definition) is 1. The number of ether oxygens (including phenoxy) is 1. The van der Waals surface area contributed by atoms with Crippen molar-refractivity contribution >= 4 is 0 Å². The molecule has 2 rings (SSSR count). The summed E-state index contributed by atoms with van der Waals surface area (Å²) < 4.78 is 6.18. The molecule has 106 valence electrons. The topological polar surface area (TPSA) is 21.3 Å². The third-order valence-corrected chi connectivity index (χ3v) is 3.84. The van der Waals surface area contributed by atoms with Crippen LogP contribution in [0.25, 0.3) is 0 Å². The Morgan fingerprint density at radius 1 is 1.21 bits per heavy atom. The Bertz CT molecular complexity index is 451. The minimum Gasteiger partial charge on any atom is -0.490 e. The highest BCUT2D eigenvalue weighted by atomic mass is 16.5. The molecule has 1 aromatic rings. The van der Waals surface area contributed by atoms with Crippen LogP contribution in [0.5, 0.6) is 5.75 Å². The van der Waals surface area contributed by atoms with Crippen LogP contribution in [0.3, 0.4) is 0 Å². The zero-order valence-corrected chi connectivity index (χ0v) is 13.1. The van der Waals surface area contributed by atoms with E-state index < -0.39 is 0 Å². The van der Waals surface area contributed by atoms with Crippen molar-refractivity contribution in [3.8, 4) is 5.75 Å². The van der Waals surface area contributed by atoms with Crippen molar-refractivity contribution in [3.63, 3.8) is 0 Å². The lowest BCUT2D eigenvalue weighted by Gasteiger charge is -2.35. The summed E-state index contributed by atoms with van der Waals surface area (Å²) in [6, 6.07) is 5.37. The maximum Gasteiger partial charge on any atom is 0.128 e. The summed E-state index contributed by atoms with van der Waals surface area (Å²) in [6.07, 6.45) is 1.33. The quantitative estimate of drug-likeness (QED) is 0.874. The monoisotopic (exact) mass is 261 g/mol. The summed E-state index contributed by atoms with van der Waals surface area (Å²) in [5.74, 6) is 1.63. The number of rotatable bonds is 3. The molecular formula is C17H27NO. The molecule has 2 atom stereocenters. The molecule has 0 amide bonds. The van der Waals surface area contributed by atoms with Crippen LogP contribution in [0.4, 0.5) is 0 Å². The average Bonchev–Trinajstić information content (AvgIpc) is 2.26. The molecule has 1 N–H and O–H groups in total. The molecule has 0 aliphatic carbocycles. The molecule has 2 nitrogen and oxygen atoms in total. The molecular weight excluding hydrogens is 234 g/mol. The molecule has 0 spiro atoms. The number of hydrogen-bond acceptors (Lipinski definition) is 2. The minimum atomic E-state index is 0.281. The van der Waals surface area contributed by atoms with Crippen molar-refractivity contribution in [2.45, 2.75) is 72.1 Å². The predicted molar refractivity (Wildman–Crippen MR) is 81.0 cm³/mol. The second-order valence-electron chi connectivity index (χ2n) is 6.41. The van der Waals surface area contributed by atoms with E-state index in [0.717, 1.165) is 12.2 Å². The van der Waals surface area contributed by atoms with E-state index in [-0.39, 0.29) is 6.10 Å². The van der Waals surface area contributed by atoms with Crippen LogP contribution in [-0.2, 0) is 0 Å². The highest BCUT2D eigenvalue weighted by Crippen LogP contribution is 2.42. The molecule has 0 fully saturated rings. The largest absolute Gasteiger partial charge is 0.490 e. The number of fused-ring (bicyclic) bond motifs is 1. The number of benzene rings is 1. The van der Waals surface area contributed by atoms with Gasteiger partial charge in [-0.05, 0) is 30.9 Å². The van der Waals surface area contributed by atoms with Gasteiger partial charge in [-0.1, -0.05) is 39.8 Å². The van der Waals surface area contributed by atoms with Gasteiger partial charge in [0.15, 0.2) is 0 Å². The van der Waals surface area contributed by atoms with Gasteiger partial charge in [-0.25, -0.2) is 0 Å². The standard InChI is InChI=1S/C17H27NO/c1-10(2)14-8-7-12(5)16-15(18-11(3)4)9-13(6)19-17(14)16/h7-8,10-11,13,15,18H,9H2,1-6H3. The summed E-state index contributed by atoms with van der Waals surface area (Å²) in [5.41, 5.74) is 4.05. The Kier molecular flexibility index (Phi) is 4.19. The molecule has 2 unspecified atom stereocenters. The van der Waals surface area contributed by atoms with Crippen molar-refractivity contribution < 1.29 is 4.74 Å². The molecule has 0 aromatic heterocycles. The summed E-state index contributed by atoms with van der Waals surface area (Å²) >= 11 is 0. The van der Waals surface area contributed by atoms with E-state index in [0.29, 0.717) is 18.0 Å². The van der Waals surface area contributed by atoms with Gasteiger partial charge in [0.05, 0.1) is 6.10 Å². The maximum atomic E-state index is 6.18. The van der Waals surface area contributed by atoms with Crippen molar-refractivity contribution in [2.24, 2.45) is 0 Å². The first-order valence-electron chi connectivity index (χ1n) is 7.46. The average molecular weight is 261 g/mol. The lowest BCUT2D eigenvalue weighted by Crippen LogP contribution is -2.36. The van der Waals surface area contributed by atoms with Crippen molar-refractivity contribution in [3.05, 3.63) is 28.8 Å². The van der Waals surface area contributed by atoms with Crippen LogP contribution in [0, 0.1) is 6.92 Å².